The fourth-order valence-electron chi connectivity index (χ4n) is 5.53. The molecule has 0 amide bonds. The monoisotopic (exact) mass is 601 g/mol. The normalized spacial score (nSPS) is 12.0. The second-order valence-corrected chi connectivity index (χ2v) is 14.3. The highest BCUT2D eigenvalue weighted by molar-refractivity contribution is 7.92. The molecular weight excluding hydrogens is 542 g/mol. The Morgan fingerprint density at radius 3 is 1.76 bits per heavy atom. The maximum Gasteiger partial charge on any atom is 0.262 e. The van der Waals surface area contributed by atoms with E-state index in [2.05, 4.69) is 32.4 Å². The van der Waals surface area contributed by atoms with Crippen LogP contribution < -0.4 is 9.46 Å². The molecule has 2 N–H and O–H groups in total. The largest absolute Gasteiger partial charge is 0.506 e. The van der Waals surface area contributed by atoms with Gasteiger partial charge in [-0.3, -0.25) is 4.72 Å². The van der Waals surface area contributed by atoms with Crippen LogP contribution in [0.3, 0.4) is 0 Å². The van der Waals surface area contributed by atoms with Crippen LogP contribution in [-0.4, -0.2) is 20.1 Å². The van der Waals surface area contributed by atoms with E-state index in [0.717, 1.165) is 44.1 Å². The van der Waals surface area contributed by atoms with Crippen molar-refractivity contribution in [3.05, 3.63) is 48.0 Å². The number of aromatic hydroxyl groups is 1. The molecule has 0 unspecified atom stereocenters. The summed E-state index contributed by atoms with van der Waals surface area (Å²) in [5, 5.41) is 10.9. The predicted octanol–water partition coefficient (Wildman–Crippen LogP) is 10.9. The van der Waals surface area contributed by atoms with E-state index >= 15 is 0 Å². The summed E-state index contributed by atoms with van der Waals surface area (Å²) in [5.74, 6) is 0.562. The first-order valence-electron chi connectivity index (χ1n) is 16.8. The Morgan fingerprint density at radius 1 is 0.714 bits per heavy atom. The number of hydrogen-bond donors (Lipinski definition) is 2. The predicted molar refractivity (Wildman–Crippen MR) is 178 cm³/mol. The Balaban J connectivity index is 1.90. The van der Waals surface area contributed by atoms with Gasteiger partial charge in [-0.05, 0) is 36.5 Å². The minimum absolute atomic E-state index is 0.0862. The van der Waals surface area contributed by atoms with Gasteiger partial charge in [0.05, 0.1) is 17.2 Å². The molecule has 0 fully saturated rings. The molecule has 0 aliphatic rings. The smallest absolute Gasteiger partial charge is 0.262 e. The first-order chi connectivity index (χ1) is 20.2. The molecule has 42 heavy (non-hydrogen) atoms. The third-order valence-electron chi connectivity index (χ3n) is 8.29. The third kappa shape index (κ3) is 13.4. The van der Waals surface area contributed by atoms with E-state index in [0.29, 0.717) is 12.4 Å². The molecular formula is C36H59NO4S. The highest BCUT2D eigenvalue weighted by Crippen LogP contribution is 2.42. The Hall–Kier alpha value is -2.21. The molecule has 2 aromatic carbocycles. The quantitative estimate of drug-likeness (QED) is 0.0927. The molecule has 0 bridgehead atoms. The van der Waals surface area contributed by atoms with Crippen molar-refractivity contribution < 1.29 is 18.3 Å². The van der Waals surface area contributed by atoms with Crippen molar-refractivity contribution in [1.82, 2.24) is 0 Å². The molecule has 0 saturated carbocycles. The van der Waals surface area contributed by atoms with Gasteiger partial charge in [0.1, 0.15) is 11.5 Å². The zero-order chi connectivity index (χ0) is 30.7. The molecule has 0 radical (unpaired) electrons. The number of nitrogens with one attached hydrogen (secondary N) is 1. The summed E-state index contributed by atoms with van der Waals surface area (Å²) in [6, 6.07) is 11.6. The van der Waals surface area contributed by atoms with Crippen LogP contribution in [0.5, 0.6) is 11.5 Å². The average Bonchev–Trinajstić information content (AvgIpc) is 2.97. The molecule has 5 nitrogen and oxygen atoms in total. The molecule has 2 aromatic rings. The van der Waals surface area contributed by atoms with E-state index < -0.39 is 10.0 Å². The number of hydrogen-bond acceptors (Lipinski definition) is 4. The number of benzene rings is 2. The highest BCUT2D eigenvalue weighted by atomic mass is 32.2. The average molecular weight is 602 g/mol. The lowest BCUT2D eigenvalue weighted by molar-refractivity contribution is 0.292. The van der Waals surface area contributed by atoms with Gasteiger partial charge in [-0.2, -0.15) is 0 Å². The van der Waals surface area contributed by atoms with Crippen LogP contribution in [0.25, 0.3) is 0 Å². The first-order valence-corrected chi connectivity index (χ1v) is 18.3. The summed E-state index contributed by atoms with van der Waals surface area (Å²) in [6.07, 6.45) is 22.6. The van der Waals surface area contributed by atoms with Gasteiger partial charge in [0.15, 0.2) is 0 Å². The van der Waals surface area contributed by atoms with Crippen LogP contribution in [0.2, 0.25) is 0 Å². The number of sulfonamides is 1. The lowest BCUT2D eigenvalue weighted by atomic mass is 9.79. The summed E-state index contributed by atoms with van der Waals surface area (Å²) < 4.78 is 34.8. The first kappa shape index (κ1) is 36.0. The Kier molecular flexibility index (Phi) is 17.0. The second kappa shape index (κ2) is 19.9. The topological polar surface area (TPSA) is 75.6 Å². The second-order valence-electron chi connectivity index (χ2n) is 12.6. The third-order valence-corrected chi connectivity index (χ3v) is 9.67. The van der Waals surface area contributed by atoms with Gasteiger partial charge >= 0.3 is 0 Å². The van der Waals surface area contributed by atoms with Gasteiger partial charge in [-0.1, -0.05) is 149 Å². The molecule has 0 aliphatic heterocycles. The molecule has 0 aromatic heterocycles. The number of anilines is 1. The zero-order valence-corrected chi connectivity index (χ0v) is 27.9. The number of phenols is 1. The Labute approximate surface area is 257 Å². The summed E-state index contributed by atoms with van der Waals surface area (Å²) in [7, 11) is -3.83. The van der Waals surface area contributed by atoms with Crippen molar-refractivity contribution in [2.75, 3.05) is 11.3 Å². The van der Waals surface area contributed by atoms with Crippen LogP contribution in [0.1, 0.15) is 149 Å². The maximum absolute atomic E-state index is 13.0. The van der Waals surface area contributed by atoms with Crippen LogP contribution in [0.4, 0.5) is 5.69 Å². The van der Waals surface area contributed by atoms with Gasteiger partial charge in [-0.25, -0.2) is 8.42 Å². The van der Waals surface area contributed by atoms with Crippen molar-refractivity contribution in [1.29, 1.82) is 0 Å². The maximum atomic E-state index is 13.0. The summed E-state index contributed by atoms with van der Waals surface area (Å²) in [5.41, 5.74) is 0.848. The van der Waals surface area contributed by atoms with Crippen molar-refractivity contribution in [3.8, 4) is 11.5 Å². The molecule has 6 heteroatoms. The molecule has 2 rings (SSSR count). The molecule has 0 heterocycles. The zero-order valence-electron chi connectivity index (χ0n) is 27.1. The number of rotatable bonds is 24. The minimum atomic E-state index is -3.83. The van der Waals surface area contributed by atoms with Crippen LogP contribution in [0.15, 0.2) is 47.4 Å². The van der Waals surface area contributed by atoms with Crippen molar-refractivity contribution >= 4 is 15.7 Å². The van der Waals surface area contributed by atoms with Crippen LogP contribution in [0, 0.1) is 0 Å². The molecule has 0 saturated heterocycles. The Morgan fingerprint density at radius 2 is 1.21 bits per heavy atom. The molecule has 0 aliphatic carbocycles. The lowest BCUT2D eigenvalue weighted by Crippen LogP contribution is -2.20. The van der Waals surface area contributed by atoms with Gasteiger partial charge in [0.25, 0.3) is 10.0 Å². The van der Waals surface area contributed by atoms with Gasteiger partial charge in [0, 0.05) is 11.6 Å². The number of ether oxygens (including phenoxy) is 1. The Bertz CT molecular complexity index is 1100. The van der Waals surface area contributed by atoms with Gasteiger partial charge in [0.2, 0.25) is 0 Å². The number of unbranched alkanes of at least 4 members (excludes halogenated alkanes) is 15. The van der Waals surface area contributed by atoms with Crippen LogP contribution >= 0.6 is 0 Å². The van der Waals surface area contributed by atoms with E-state index in [9.17, 15) is 13.5 Å². The van der Waals surface area contributed by atoms with E-state index in [1.165, 1.54) is 89.2 Å². The van der Waals surface area contributed by atoms with Gasteiger partial charge in [-0.15, -0.1) is 0 Å². The van der Waals surface area contributed by atoms with Crippen LogP contribution in [-0.2, 0) is 15.4 Å². The lowest BCUT2D eigenvalue weighted by Gasteiger charge is -2.28. The van der Waals surface area contributed by atoms with Crippen molar-refractivity contribution in [3.63, 3.8) is 0 Å². The van der Waals surface area contributed by atoms with E-state index in [1.807, 2.05) is 0 Å². The molecule has 0 atom stereocenters. The van der Waals surface area contributed by atoms with Crippen molar-refractivity contribution in [2.24, 2.45) is 0 Å². The van der Waals surface area contributed by atoms with Gasteiger partial charge < -0.3 is 9.84 Å². The minimum Gasteiger partial charge on any atom is -0.506 e. The standard InChI is InChI=1S/C36H59NO4S/c1-5-7-9-10-11-12-13-14-15-16-17-18-19-24-28-41-35-30-33(37-42(39,40)31-25-21-20-22-26-31)34(38)29-32(35)36(3,4)27-23-8-6-2/h20-22,25-26,29-30,37-38H,5-19,23-24,27-28H2,1-4H3. The SMILES string of the molecule is CCCCCCCCCCCCCCCCOc1cc(NS(=O)(=O)c2ccccc2)c(O)cc1C(C)(C)CCCCC. The molecule has 0 spiro atoms. The van der Waals surface area contributed by atoms with E-state index in [1.54, 1.807) is 30.3 Å². The summed E-state index contributed by atoms with van der Waals surface area (Å²) in [4.78, 5) is 0.151. The number of phenolic OH excluding ortho intramolecular Hbond substituents is 1. The van der Waals surface area contributed by atoms with Crippen molar-refractivity contribution in [2.45, 2.75) is 154 Å². The van der Waals surface area contributed by atoms with E-state index in [4.69, 9.17) is 4.74 Å². The summed E-state index contributed by atoms with van der Waals surface area (Å²) >= 11 is 0. The fraction of sp³-hybridized carbons (Fsp3) is 0.667. The molecule has 238 valence electrons. The van der Waals surface area contributed by atoms with E-state index in [-0.39, 0.29) is 21.7 Å². The summed E-state index contributed by atoms with van der Waals surface area (Å²) in [6.45, 7) is 9.38. The fourth-order valence-corrected chi connectivity index (χ4v) is 6.62. The highest BCUT2D eigenvalue weighted by Gasteiger charge is 2.27.